The van der Waals surface area contributed by atoms with E-state index in [0.29, 0.717) is 0 Å². The van der Waals surface area contributed by atoms with Gasteiger partial charge in [-0.1, -0.05) is 42.5 Å². The highest BCUT2D eigenvalue weighted by molar-refractivity contribution is 5.54. The second-order valence-corrected chi connectivity index (χ2v) is 6.83. The second-order valence-electron chi connectivity index (χ2n) is 6.83. The number of hydrogen-bond acceptors (Lipinski definition) is 4. The van der Waals surface area contributed by atoms with Gasteiger partial charge in [0, 0.05) is 6.08 Å². The first-order valence-corrected chi connectivity index (χ1v) is 9.00. The van der Waals surface area contributed by atoms with Gasteiger partial charge < -0.3 is 20.9 Å². The van der Waals surface area contributed by atoms with Crippen LogP contribution in [0.1, 0.15) is 0 Å². The normalized spacial score (nSPS) is 18.2. The Balaban J connectivity index is 2.19. The minimum atomic E-state index is -5.64. The molecule has 31 heavy (non-hydrogen) atoms. The molecular weight excluding hydrogens is 426 g/mol. The van der Waals surface area contributed by atoms with Crippen molar-refractivity contribution < 1.29 is 35.8 Å². The van der Waals surface area contributed by atoms with Gasteiger partial charge in [0.2, 0.25) is 0 Å². The van der Waals surface area contributed by atoms with Crippen LogP contribution in [-0.4, -0.2) is 18.1 Å². The number of nitrogen functional groups attached to an aromatic ring is 2. The zero-order valence-electron chi connectivity index (χ0n) is 15.8. The number of hydrogen-bond donors (Lipinski definition) is 2. The summed E-state index contributed by atoms with van der Waals surface area (Å²) in [6, 6.07) is 11.4. The van der Waals surface area contributed by atoms with Gasteiger partial charge >= 0.3 is 12.4 Å². The molecule has 0 saturated heterocycles. The van der Waals surface area contributed by atoms with Crippen molar-refractivity contribution in [1.29, 1.82) is 0 Å². The van der Waals surface area contributed by atoms with E-state index in [9.17, 15) is 26.3 Å². The van der Waals surface area contributed by atoms with Gasteiger partial charge in [-0.25, -0.2) is 0 Å². The lowest BCUT2D eigenvalue weighted by Gasteiger charge is -2.43. The van der Waals surface area contributed by atoms with Crippen molar-refractivity contribution >= 4 is 11.4 Å². The predicted octanol–water partition coefficient (Wildman–Crippen LogP) is 5.49. The maximum atomic E-state index is 13.6. The van der Waals surface area contributed by atoms with E-state index in [1.165, 1.54) is 54.6 Å². The van der Waals surface area contributed by atoms with Gasteiger partial charge in [0.1, 0.15) is 11.5 Å². The van der Waals surface area contributed by atoms with Crippen LogP contribution in [-0.2, 0) is 0 Å². The fraction of sp³-hybridized carbons (Fsp3) is 0.238. The molecule has 0 radical (unpaired) electrons. The Morgan fingerprint density at radius 3 is 1.61 bits per heavy atom. The van der Waals surface area contributed by atoms with Gasteiger partial charge in [-0.3, -0.25) is 0 Å². The smallest absolute Gasteiger partial charge is 0.401 e. The number of halogens is 6. The largest absolute Gasteiger partial charge is 0.446 e. The molecule has 4 N–H and O–H groups in total. The zero-order valence-corrected chi connectivity index (χ0v) is 15.8. The first-order chi connectivity index (χ1) is 14.4. The topological polar surface area (TPSA) is 70.5 Å². The molecule has 1 unspecified atom stereocenters. The molecule has 1 aliphatic rings. The Hall–Kier alpha value is -3.30. The highest BCUT2D eigenvalue weighted by Crippen LogP contribution is 2.50. The van der Waals surface area contributed by atoms with E-state index in [0.717, 1.165) is 18.2 Å². The third-order valence-corrected chi connectivity index (χ3v) is 4.66. The third kappa shape index (κ3) is 4.73. The number of nitrogens with two attached hydrogens (primary N) is 2. The molecule has 4 nitrogen and oxygen atoms in total. The summed E-state index contributed by atoms with van der Waals surface area (Å²) in [5, 5.41) is 0. The Bertz CT molecular complexity index is 923. The molecule has 166 valence electrons. The van der Waals surface area contributed by atoms with Gasteiger partial charge in [-0.15, -0.1) is 0 Å². The zero-order chi connectivity index (χ0) is 22.9. The third-order valence-electron chi connectivity index (χ3n) is 4.66. The summed E-state index contributed by atoms with van der Waals surface area (Å²) >= 11 is 0. The molecule has 2 aromatic rings. The molecule has 1 aliphatic carbocycles. The van der Waals surface area contributed by atoms with Gasteiger partial charge in [0.05, 0.1) is 17.3 Å². The summed E-state index contributed by atoms with van der Waals surface area (Å²) in [7, 11) is 0. The number of benzene rings is 2. The highest BCUT2D eigenvalue weighted by Gasteiger charge is 2.65. The van der Waals surface area contributed by atoms with Crippen LogP contribution in [0, 0.1) is 11.8 Å². The minimum Gasteiger partial charge on any atom is -0.446 e. The van der Waals surface area contributed by atoms with Crippen molar-refractivity contribution in [2.24, 2.45) is 11.8 Å². The van der Waals surface area contributed by atoms with Crippen LogP contribution in [0.15, 0.2) is 72.8 Å². The van der Waals surface area contributed by atoms with Crippen molar-refractivity contribution in [3.63, 3.8) is 0 Å². The number of anilines is 2. The van der Waals surface area contributed by atoms with E-state index in [4.69, 9.17) is 20.9 Å². The van der Waals surface area contributed by atoms with Gasteiger partial charge in [-0.05, 0) is 24.3 Å². The maximum Gasteiger partial charge on any atom is 0.401 e. The number of ether oxygens (including phenoxy) is 2. The Labute approximate surface area is 173 Å². The van der Waals surface area contributed by atoms with E-state index in [-0.39, 0.29) is 22.9 Å². The lowest BCUT2D eigenvalue weighted by Crippen LogP contribution is -2.56. The molecule has 3 rings (SSSR count). The van der Waals surface area contributed by atoms with Gasteiger partial charge in [-0.2, -0.15) is 26.3 Å². The number of allylic oxidation sites excluding steroid dienone is 2. The Morgan fingerprint density at radius 1 is 0.742 bits per heavy atom. The molecule has 0 fully saturated rings. The molecule has 10 heteroatoms. The van der Waals surface area contributed by atoms with Crippen LogP contribution < -0.4 is 20.9 Å². The molecule has 0 amide bonds. The average molecular weight is 444 g/mol. The monoisotopic (exact) mass is 444 g/mol. The van der Waals surface area contributed by atoms with Gasteiger partial charge in [0.15, 0.2) is 5.92 Å². The Kier molecular flexibility index (Phi) is 5.84. The standard InChI is InChI=1S/C21H18F6N2O2/c22-20(23,24)18(21(25,26)27)13-7-5-6-12-19(13,30-16-10-3-1-8-14(16)28)31-17-11-4-2-9-15(17)29/h1-13,18H,28-29H2. The van der Waals surface area contributed by atoms with Crippen LogP contribution in [0.4, 0.5) is 37.7 Å². The first-order valence-electron chi connectivity index (χ1n) is 9.00. The summed E-state index contributed by atoms with van der Waals surface area (Å²) in [5.74, 6) is -8.96. The van der Waals surface area contributed by atoms with Crippen molar-refractivity contribution in [3.8, 4) is 11.5 Å². The molecular formula is C21H18F6N2O2. The molecule has 0 aromatic heterocycles. The lowest BCUT2D eigenvalue weighted by molar-refractivity contribution is -0.314. The first kappa shape index (κ1) is 22.4. The summed E-state index contributed by atoms with van der Waals surface area (Å²) in [4.78, 5) is 0. The van der Waals surface area contributed by atoms with Crippen molar-refractivity contribution in [3.05, 3.63) is 72.8 Å². The Morgan fingerprint density at radius 2 is 1.19 bits per heavy atom. The average Bonchev–Trinajstić information content (AvgIpc) is 2.65. The molecule has 0 spiro atoms. The second kappa shape index (κ2) is 8.09. The number of alkyl halides is 6. The van der Waals surface area contributed by atoms with Crippen LogP contribution >= 0.6 is 0 Å². The van der Waals surface area contributed by atoms with E-state index in [1.54, 1.807) is 0 Å². The van der Waals surface area contributed by atoms with E-state index >= 15 is 0 Å². The van der Waals surface area contributed by atoms with Crippen LogP contribution in [0.5, 0.6) is 11.5 Å². The van der Waals surface area contributed by atoms with Crippen molar-refractivity contribution in [1.82, 2.24) is 0 Å². The summed E-state index contributed by atoms with van der Waals surface area (Å²) in [5.41, 5.74) is 11.6. The van der Waals surface area contributed by atoms with Crippen LogP contribution in [0.25, 0.3) is 0 Å². The summed E-state index contributed by atoms with van der Waals surface area (Å²) in [6.45, 7) is 0. The van der Waals surface area contributed by atoms with Crippen molar-refractivity contribution in [2.75, 3.05) is 11.5 Å². The number of para-hydroxylation sites is 4. The molecule has 1 atom stereocenters. The molecule has 0 aliphatic heterocycles. The van der Waals surface area contributed by atoms with Crippen molar-refractivity contribution in [2.45, 2.75) is 18.1 Å². The van der Waals surface area contributed by atoms with E-state index < -0.39 is 30.0 Å². The fourth-order valence-corrected chi connectivity index (χ4v) is 3.27. The molecule has 0 bridgehead atoms. The van der Waals surface area contributed by atoms with Gasteiger partial charge in [0.25, 0.3) is 5.79 Å². The number of rotatable bonds is 5. The van der Waals surface area contributed by atoms with Crippen LogP contribution in [0.3, 0.4) is 0 Å². The lowest BCUT2D eigenvalue weighted by atomic mass is 9.80. The maximum absolute atomic E-state index is 13.6. The highest BCUT2D eigenvalue weighted by atomic mass is 19.4. The molecule has 0 heterocycles. The van der Waals surface area contributed by atoms with Crippen LogP contribution in [0.2, 0.25) is 0 Å². The fourth-order valence-electron chi connectivity index (χ4n) is 3.27. The summed E-state index contributed by atoms with van der Waals surface area (Å²) < 4.78 is 93.2. The quantitative estimate of drug-likeness (QED) is 0.364. The molecule has 0 saturated carbocycles. The van der Waals surface area contributed by atoms with E-state index in [2.05, 4.69) is 0 Å². The van der Waals surface area contributed by atoms with E-state index in [1.807, 2.05) is 0 Å². The SMILES string of the molecule is Nc1ccccc1OC1(Oc2ccccc2N)C=CC=CC1C(C(F)(F)F)C(F)(F)F. The molecule has 2 aromatic carbocycles. The minimum absolute atomic E-state index is 0.00350. The predicted molar refractivity (Wildman–Crippen MR) is 103 cm³/mol. The summed E-state index contributed by atoms with van der Waals surface area (Å²) in [6.07, 6.45) is -7.23.